The van der Waals surface area contributed by atoms with Crippen LogP contribution in [0.25, 0.3) is 0 Å². The van der Waals surface area contributed by atoms with Crippen LogP contribution in [0.4, 0.5) is 10.6 Å². The summed E-state index contributed by atoms with van der Waals surface area (Å²) in [5.41, 5.74) is -0.452. The van der Waals surface area contributed by atoms with Crippen LogP contribution in [0.5, 0.6) is 0 Å². The molecule has 7 heteroatoms. The van der Waals surface area contributed by atoms with Crippen molar-refractivity contribution in [1.29, 1.82) is 0 Å². The van der Waals surface area contributed by atoms with Gasteiger partial charge in [-0.05, 0) is 45.2 Å². The van der Waals surface area contributed by atoms with Gasteiger partial charge in [0, 0.05) is 19.6 Å². The lowest BCUT2D eigenvalue weighted by Crippen LogP contribution is -2.35. The van der Waals surface area contributed by atoms with E-state index in [-0.39, 0.29) is 6.09 Å². The monoisotopic (exact) mass is 312 g/mol. The molecule has 1 N–H and O–H groups in total. The fourth-order valence-corrected chi connectivity index (χ4v) is 2.25. The summed E-state index contributed by atoms with van der Waals surface area (Å²) in [6.45, 7) is 7.80. The Morgan fingerprint density at radius 2 is 2.24 bits per heavy atom. The van der Waals surface area contributed by atoms with Gasteiger partial charge < -0.3 is 15.0 Å². The maximum Gasteiger partial charge on any atom is 0.410 e. The number of hydrogen-bond acceptors (Lipinski definition) is 5. The number of nitrogens with one attached hydrogen (secondary N) is 1. The van der Waals surface area contributed by atoms with Crippen LogP contribution in [0.1, 0.15) is 27.2 Å². The number of rotatable bonds is 3. The van der Waals surface area contributed by atoms with Crippen LogP contribution < -0.4 is 5.32 Å². The molecule has 1 fully saturated rings. The van der Waals surface area contributed by atoms with E-state index < -0.39 is 5.60 Å². The van der Waals surface area contributed by atoms with Gasteiger partial charge in [-0.25, -0.2) is 4.79 Å². The first-order chi connectivity index (χ1) is 9.83. The summed E-state index contributed by atoms with van der Waals surface area (Å²) in [6, 6.07) is 3.48. The molecule has 0 saturated carbocycles. The van der Waals surface area contributed by atoms with Gasteiger partial charge in [-0.3, -0.25) is 0 Å². The smallest absolute Gasteiger partial charge is 0.410 e. The quantitative estimate of drug-likeness (QED) is 0.929. The van der Waals surface area contributed by atoms with Crippen molar-refractivity contribution in [1.82, 2.24) is 15.1 Å². The third-order valence-corrected chi connectivity index (χ3v) is 3.34. The number of amides is 1. The normalized spacial score (nSPS) is 18.7. The van der Waals surface area contributed by atoms with Crippen molar-refractivity contribution in [2.75, 3.05) is 25.0 Å². The topological polar surface area (TPSA) is 67.3 Å². The average molecular weight is 313 g/mol. The molecule has 1 aromatic heterocycles. The van der Waals surface area contributed by atoms with Crippen LogP contribution >= 0.6 is 11.6 Å². The SMILES string of the molecule is CC(C)(C)OC(=O)N1CC[C@H](CNc2ccc(Cl)nn2)C1. The van der Waals surface area contributed by atoms with Crippen LogP contribution in [-0.2, 0) is 4.74 Å². The summed E-state index contributed by atoms with van der Waals surface area (Å²) in [5.74, 6) is 1.07. The number of nitrogens with zero attached hydrogens (tertiary/aromatic N) is 3. The van der Waals surface area contributed by atoms with E-state index in [4.69, 9.17) is 16.3 Å². The zero-order chi connectivity index (χ0) is 15.5. The first kappa shape index (κ1) is 15.8. The van der Waals surface area contributed by atoms with Crippen molar-refractivity contribution in [3.8, 4) is 0 Å². The Balaban J connectivity index is 1.77. The fraction of sp³-hybridized carbons (Fsp3) is 0.643. The molecule has 2 heterocycles. The average Bonchev–Trinajstić information content (AvgIpc) is 2.85. The van der Waals surface area contributed by atoms with Crippen molar-refractivity contribution in [3.63, 3.8) is 0 Å². The first-order valence-electron chi connectivity index (χ1n) is 7.04. The Morgan fingerprint density at radius 1 is 1.48 bits per heavy atom. The third-order valence-electron chi connectivity index (χ3n) is 3.14. The number of carbonyl (C=O) groups is 1. The number of halogens is 1. The highest BCUT2D eigenvalue weighted by atomic mass is 35.5. The number of hydrogen-bond donors (Lipinski definition) is 1. The minimum Gasteiger partial charge on any atom is -0.444 e. The summed E-state index contributed by atoms with van der Waals surface area (Å²) in [4.78, 5) is 13.7. The Bertz CT molecular complexity index is 487. The van der Waals surface area contributed by atoms with Crippen molar-refractivity contribution in [3.05, 3.63) is 17.3 Å². The first-order valence-corrected chi connectivity index (χ1v) is 7.42. The zero-order valence-electron chi connectivity index (χ0n) is 12.6. The van der Waals surface area contributed by atoms with Crippen LogP contribution in [-0.4, -0.2) is 46.4 Å². The van der Waals surface area contributed by atoms with Crippen molar-refractivity contribution < 1.29 is 9.53 Å². The highest BCUT2D eigenvalue weighted by Crippen LogP contribution is 2.20. The van der Waals surface area contributed by atoms with Gasteiger partial charge in [0.1, 0.15) is 11.4 Å². The Kier molecular flexibility index (Phi) is 4.88. The minimum atomic E-state index is -0.452. The molecule has 21 heavy (non-hydrogen) atoms. The van der Waals surface area contributed by atoms with E-state index in [9.17, 15) is 4.79 Å². The largest absolute Gasteiger partial charge is 0.444 e. The molecular formula is C14H21ClN4O2. The summed E-state index contributed by atoms with van der Waals surface area (Å²) in [6.07, 6.45) is 0.712. The second kappa shape index (κ2) is 6.47. The second-order valence-corrected chi connectivity index (χ2v) is 6.59. The van der Waals surface area contributed by atoms with Gasteiger partial charge in [0.15, 0.2) is 5.15 Å². The summed E-state index contributed by atoms with van der Waals surface area (Å²) in [7, 11) is 0. The van der Waals surface area contributed by atoms with Gasteiger partial charge in [-0.2, -0.15) is 0 Å². The van der Waals surface area contributed by atoms with Crippen LogP contribution in [0.3, 0.4) is 0 Å². The van der Waals surface area contributed by atoms with Gasteiger partial charge in [0.05, 0.1) is 0 Å². The molecule has 1 aromatic rings. The lowest BCUT2D eigenvalue weighted by molar-refractivity contribution is 0.0289. The van der Waals surface area contributed by atoms with Gasteiger partial charge in [-0.1, -0.05) is 11.6 Å². The Morgan fingerprint density at radius 3 is 2.86 bits per heavy atom. The predicted octanol–water partition coefficient (Wildman–Crippen LogP) is 2.80. The molecule has 1 aliphatic heterocycles. The number of anilines is 1. The number of likely N-dealkylation sites (tertiary alicyclic amines) is 1. The van der Waals surface area contributed by atoms with Crippen molar-refractivity contribution >= 4 is 23.5 Å². The van der Waals surface area contributed by atoms with E-state index in [1.165, 1.54) is 0 Å². The molecule has 0 aromatic carbocycles. The summed E-state index contributed by atoms with van der Waals surface area (Å²) >= 11 is 5.69. The van der Waals surface area contributed by atoms with Gasteiger partial charge in [0.2, 0.25) is 0 Å². The molecule has 0 spiro atoms. The molecule has 116 valence electrons. The molecule has 0 bridgehead atoms. The van der Waals surface area contributed by atoms with E-state index in [2.05, 4.69) is 15.5 Å². The fourth-order valence-electron chi connectivity index (χ4n) is 2.15. The Labute approximate surface area is 129 Å². The van der Waals surface area contributed by atoms with Gasteiger partial charge in [-0.15, -0.1) is 10.2 Å². The van der Waals surface area contributed by atoms with E-state index in [0.29, 0.717) is 23.4 Å². The van der Waals surface area contributed by atoms with E-state index in [1.807, 2.05) is 20.8 Å². The third kappa shape index (κ3) is 5.04. The zero-order valence-corrected chi connectivity index (χ0v) is 13.4. The predicted molar refractivity (Wildman–Crippen MR) is 81.4 cm³/mol. The number of aromatic nitrogens is 2. The maximum atomic E-state index is 12.0. The second-order valence-electron chi connectivity index (χ2n) is 6.20. The van der Waals surface area contributed by atoms with E-state index in [0.717, 1.165) is 19.5 Å². The lowest BCUT2D eigenvalue weighted by Gasteiger charge is -2.24. The highest BCUT2D eigenvalue weighted by Gasteiger charge is 2.29. The maximum absolute atomic E-state index is 12.0. The van der Waals surface area contributed by atoms with Crippen LogP contribution in [0.15, 0.2) is 12.1 Å². The highest BCUT2D eigenvalue weighted by molar-refractivity contribution is 6.29. The van der Waals surface area contributed by atoms with E-state index >= 15 is 0 Å². The van der Waals surface area contributed by atoms with Crippen molar-refractivity contribution in [2.45, 2.75) is 32.8 Å². The summed E-state index contributed by atoms with van der Waals surface area (Å²) in [5, 5.41) is 11.3. The molecule has 0 radical (unpaired) electrons. The molecule has 0 aliphatic carbocycles. The molecule has 2 rings (SSSR count). The summed E-state index contributed by atoms with van der Waals surface area (Å²) < 4.78 is 5.38. The molecular weight excluding hydrogens is 292 g/mol. The van der Waals surface area contributed by atoms with E-state index in [1.54, 1.807) is 17.0 Å². The Hall–Kier alpha value is -1.56. The lowest BCUT2D eigenvalue weighted by atomic mass is 10.1. The van der Waals surface area contributed by atoms with Crippen molar-refractivity contribution in [2.24, 2.45) is 5.92 Å². The molecule has 1 saturated heterocycles. The molecule has 0 unspecified atom stereocenters. The van der Waals surface area contributed by atoms with Crippen LogP contribution in [0, 0.1) is 5.92 Å². The number of ether oxygens (including phenoxy) is 1. The molecule has 1 atom stereocenters. The van der Waals surface area contributed by atoms with Crippen LogP contribution in [0.2, 0.25) is 5.15 Å². The minimum absolute atomic E-state index is 0.240. The standard InChI is InChI=1S/C14H21ClN4O2/c1-14(2,3)21-13(20)19-7-6-10(9-19)8-16-12-5-4-11(15)17-18-12/h4-5,10H,6-9H2,1-3H3,(H,16,18)/t10-/m1/s1. The van der Waals surface area contributed by atoms with Gasteiger partial charge in [0.25, 0.3) is 0 Å². The van der Waals surface area contributed by atoms with Gasteiger partial charge >= 0.3 is 6.09 Å². The molecule has 1 aliphatic rings. The molecule has 6 nitrogen and oxygen atoms in total. The number of carbonyl (C=O) groups excluding carboxylic acids is 1. The molecule has 1 amide bonds.